The predicted octanol–water partition coefficient (Wildman–Crippen LogP) is 2.01. The third-order valence-electron chi connectivity index (χ3n) is 2.16. The van der Waals surface area contributed by atoms with Crippen LogP contribution < -0.4 is 11.1 Å². The van der Waals surface area contributed by atoms with E-state index in [0.29, 0.717) is 0 Å². The van der Waals surface area contributed by atoms with E-state index in [0.717, 1.165) is 12.8 Å². The van der Waals surface area contributed by atoms with Gasteiger partial charge in [-0.15, -0.1) is 0 Å². The second-order valence-corrected chi connectivity index (χ2v) is 3.42. The Morgan fingerprint density at radius 1 is 1.38 bits per heavy atom. The highest BCUT2D eigenvalue weighted by Crippen LogP contribution is 2.16. The summed E-state index contributed by atoms with van der Waals surface area (Å²) in [6, 6.07) is 8.63. The van der Waals surface area contributed by atoms with Gasteiger partial charge in [0.15, 0.2) is 0 Å². The Kier molecular flexibility index (Phi) is 3.77. The molecule has 13 heavy (non-hydrogen) atoms. The van der Waals surface area contributed by atoms with Crippen LogP contribution in [0.5, 0.6) is 0 Å². The summed E-state index contributed by atoms with van der Waals surface area (Å²) in [4.78, 5) is 0. The average molecular weight is 178 g/mol. The number of benzene rings is 1. The summed E-state index contributed by atoms with van der Waals surface area (Å²) in [5, 5.41) is 3.18. The van der Waals surface area contributed by atoms with E-state index < -0.39 is 0 Å². The Balaban J connectivity index is 2.64. The zero-order valence-electron chi connectivity index (χ0n) is 8.38. The highest BCUT2D eigenvalue weighted by Gasteiger charge is 2.00. The second-order valence-electron chi connectivity index (χ2n) is 3.42. The van der Waals surface area contributed by atoms with Gasteiger partial charge in [-0.3, -0.25) is 0 Å². The minimum atomic E-state index is 0.282. The van der Waals surface area contributed by atoms with Gasteiger partial charge in [0.2, 0.25) is 0 Å². The van der Waals surface area contributed by atoms with E-state index in [2.05, 4.69) is 23.5 Å². The maximum Gasteiger partial charge on any atom is 0.0370 e. The molecular formula is C11H18N2. The molecule has 0 aliphatic carbocycles. The Morgan fingerprint density at radius 2 is 2.08 bits per heavy atom. The van der Waals surface area contributed by atoms with Crippen molar-refractivity contribution < 1.29 is 0 Å². The van der Waals surface area contributed by atoms with Crippen molar-refractivity contribution in [2.24, 2.45) is 5.73 Å². The number of hydrogen-bond donors (Lipinski definition) is 2. The Bertz CT molecular complexity index is 256. The van der Waals surface area contributed by atoms with Crippen molar-refractivity contribution in [3.63, 3.8) is 0 Å². The lowest BCUT2D eigenvalue weighted by atomic mass is 10.0. The van der Waals surface area contributed by atoms with Gasteiger partial charge in [0.05, 0.1) is 0 Å². The van der Waals surface area contributed by atoms with Crippen molar-refractivity contribution >= 4 is 5.69 Å². The number of para-hydroxylation sites is 1. The first-order valence-electron chi connectivity index (χ1n) is 4.75. The molecule has 0 bridgehead atoms. The molecule has 0 radical (unpaired) electrons. The average Bonchev–Trinajstić information content (AvgIpc) is 2.15. The number of nitrogens with one attached hydrogen (secondary N) is 1. The van der Waals surface area contributed by atoms with Crippen LogP contribution in [0, 0.1) is 0 Å². The monoisotopic (exact) mass is 178 g/mol. The molecule has 72 valence electrons. The molecule has 1 atom stereocenters. The molecule has 0 heterocycles. The van der Waals surface area contributed by atoms with Gasteiger partial charge in [0, 0.05) is 18.8 Å². The Labute approximate surface area is 80.1 Å². The predicted molar refractivity (Wildman–Crippen MR) is 58.0 cm³/mol. The van der Waals surface area contributed by atoms with Gasteiger partial charge in [-0.25, -0.2) is 0 Å². The maximum absolute atomic E-state index is 5.71. The van der Waals surface area contributed by atoms with Crippen molar-refractivity contribution in [1.82, 2.24) is 0 Å². The number of anilines is 1. The van der Waals surface area contributed by atoms with E-state index >= 15 is 0 Å². The quantitative estimate of drug-likeness (QED) is 0.740. The molecule has 1 rings (SSSR count). The molecule has 0 saturated heterocycles. The maximum atomic E-state index is 5.71. The summed E-state index contributed by atoms with van der Waals surface area (Å²) < 4.78 is 0. The largest absolute Gasteiger partial charge is 0.388 e. The van der Waals surface area contributed by atoms with E-state index in [1.165, 1.54) is 11.3 Å². The normalized spacial score (nSPS) is 12.5. The number of hydrogen-bond acceptors (Lipinski definition) is 2. The molecule has 0 fully saturated rings. The van der Waals surface area contributed by atoms with E-state index in [-0.39, 0.29) is 6.04 Å². The summed E-state index contributed by atoms with van der Waals surface area (Å²) in [6.45, 7) is 2.04. The number of nitrogens with two attached hydrogens (primary N) is 1. The molecule has 1 aromatic carbocycles. The first kappa shape index (κ1) is 10.1. The van der Waals surface area contributed by atoms with Crippen molar-refractivity contribution in [3.8, 4) is 0 Å². The molecule has 0 amide bonds. The number of aryl methyl sites for hydroxylation is 1. The molecule has 2 heteroatoms. The van der Waals surface area contributed by atoms with E-state index in [4.69, 9.17) is 5.73 Å². The van der Waals surface area contributed by atoms with Crippen LogP contribution in [0.2, 0.25) is 0 Å². The van der Waals surface area contributed by atoms with E-state index in [1.807, 2.05) is 20.0 Å². The fraction of sp³-hybridized carbons (Fsp3) is 0.455. The van der Waals surface area contributed by atoms with E-state index in [9.17, 15) is 0 Å². The summed E-state index contributed by atoms with van der Waals surface area (Å²) in [5.74, 6) is 0. The minimum absolute atomic E-state index is 0.282. The second kappa shape index (κ2) is 4.87. The zero-order chi connectivity index (χ0) is 9.68. The summed E-state index contributed by atoms with van der Waals surface area (Å²) >= 11 is 0. The summed E-state index contributed by atoms with van der Waals surface area (Å²) in [5.41, 5.74) is 8.27. The van der Waals surface area contributed by atoms with Crippen LogP contribution in [0.15, 0.2) is 24.3 Å². The fourth-order valence-electron chi connectivity index (χ4n) is 1.37. The SMILES string of the molecule is CNc1ccccc1CCC(C)N. The molecule has 1 unspecified atom stereocenters. The Morgan fingerprint density at radius 3 is 2.69 bits per heavy atom. The van der Waals surface area contributed by atoms with Gasteiger partial charge in [-0.1, -0.05) is 18.2 Å². The molecular weight excluding hydrogens is 160 g/mol. The van der Waals surface area contributed by atoms with E-state index in [1.54, 1.807) is 0 Å². The molecule has 0 saturated carbocycles. The van der Waals surface area contributed by atoms with Crippen molar-refractivity contribution in [2.45, 2.75) is 25.8 Å². The van der Waals surface area contributed by atoms with Crippen LogP contribution in [0.4, 0.5) is 5.69 Å². The van der Waals surface area contributed by atoms with Gasteiger partial charge < -0.3 is 11.1 Å². The highest BCUT2D eigenvalue weighted by molar-refractivity contribution is 5.50. The lowest BCUT2D eigenvalue weighted by molar-refractivity contribution is 0.666. The summed E-state index contributed by atoms with van der Waals surface area (Å²) in [6.07, 6.45) is 2.09. The molecule has 0 aliphatic rings. The lowest BCUT2D eigenvalue weighted by Gasteiger charge is -2.09. The van der Waals surface area contributed by atoms with Crippen molar-refractivity contribution in [1.29, 1.82) is 0 Å². The molecule has 1 aromatic rings. The minimum Gasteiger partial charge on any atom is -0.388 e. The van der Waals surface area contributed by atoms with Gasteiger partial charge in [0.1, 0.15) is 0 Å². The van der Waals surface area contributed by atoms with Gasteiger partial charge in [-0.2, -0.15) is 0 Å². The standard InChI is InChI=1S/C11H18N2/c1-9(12)7-8-10-5-3-4-6-11(10)13-2/h3-6,9,13H,7-8,12H2,1-2H3. The molecule has 0 aromatic heterocycles. The first-order valence-corrected chi connectivity index (χ1v) is 4.75. The van der Waals surface area contributed by atoms with Crippen molar-refractivity contribution in [2.75, 3.05) is 12.4 Å². The van der Waals surface area contributed by atoms with Crippen LogP contribution in [0.1, 0.15) is 18.9 Å². The van der Waals surface area contributed by atoms with Crippen LogP contribution in [-0.4, -0.2) is 13.1 Å². The van der Waals surface area contributed by atoms with Crippen LogP contribution >= 0.6 is 0 Å². The van der Waals surface area contributed by atoms with Crippen LogP contribution in [-0.2, 0) is 6.42 Å². The smallest absolute Gasteiger partial charge is 0.0370 e. The van der Waals surface area contributed by atoms with Crippen molar-refractivity contribution in [3.05, 3.63) is 29.8 Å². The molecule has 0 aliphatic heterocycles. The lowest BCUT2D eigenvalue weighted by Crippen LogP contribution is -2.15. The Hall–Kier alpha value is -1.02. The highest BCUT2D eigenvalue weighted by atomic mass is 14.8. The third kappa shape index (κ3) is 3.07. The van der Waals surface area contributed by atoms with Gasteiger partial charge in [-0.05, 0) is 31.4 Å². The third-order valence-corrected chi connectivity index (χ3v) is 2.16. The van der Waals surface area contributed by atoms with Crippen LogP contribution in [0.25, 0.3) is 0 Å². The van der Waals surface area contributed by atoms with Crippen LogP contribution in [0.3, 0.4) is 0 Å². The molecule has 2 nitrogen and oxygen atoms in total. The van der Waals surface area contributed by atoms with Gasteiger partial charge in [0.25, 0.3) is 0 Å². The summed E-state index contributed by atoms with van der Waals surface area (Å²) in [7, 11) is 1.95. The number of rotatable bonds is 4. The fourth-order valence-corrected chi connectivity index (χ4v) is 1.37. The van der Waals surface area contributed by atoms with Gasteiger partial charge >= 0.3 is 0 Å². The molecule has 0 spiro atoms. The zero-order valence-corrected chi connectivity index (χ0v) is 8.38. The first-order chi connectivity index (χ1) is 6.24. The molecule has 3 N–H and O–H groups in total. The topological polar surface area (TPSA) is 38.0 Å².